The van der Waals surface area contributed by atoms with E-state index in [1.54, 1.807) is 0 Å². The van der Waals surface area contributed by atoms with Gasteiger partial charge in [-0.15, -0.1) is 0 Å². The molecule has 2 heteroatoms. The highest BCUT2D eigenvalue weighted by molar-refractivity contribution is 5.40. The number of phenols is 1. The van der Waals surface area contributed by atoms with Crippen molar-refractivity contribution in [1.82, 2.24) is 4.90 Å². The van der Waals surface area contributed by atoms with Crippen molar-refractivity contribution in [2.45, 2.75) is 27.2 Å². The third-order valence-electron chi connectivity index (χ3n) is 3.49. The van der Waals surface area contributed by atoms with E-state index in [4.69, 9.17) is 0 Å². The van der Waals surface area contributed by atoms with Gasteiger partial charge in [0.1, 0.15) is 5.75 Å². The molecule has 2 nitrogen and oxygen atoms in total. The van der Waals surface area contributed by atoms with Crippen LogP contribution in [0.25, 0.3) is 0 Å². The van der Waals surface area contributed by atoms with E-state index in [-0.39, 0.29) is 0 Å². The number of rotatable bonds is 3. The van der Waals surface area contributed by atoms with Gasteiger partial charge in [-0.2, -0.15) is 0 Å². The van der Waals surface area contributed by atoms with E-state index in [1.807, 2.05) is 13.0 Å². The van der Waals surface area contributed by atoms with Crippen molar-refractivity contribution < 1.29 is 5.11 Å². The predicted octanol–water partition coefficient (Wildman–Crippen LogP) is 2.50. The lowest BCUT2D eigenvalue weighted by Gasteiger charge is -2.37. The smallest absolute Gasteiger partial charge is 0.118 e. The number of hydrogen-bond donors (Lipinski definition) is 1. The Balaban J connectivity index is 1.96. The molecule has 0 atom stereocenters. The van der Waals surface area contributed by atoms with Gasteiger partial charge in [-0.1, -0.05) is 13.0 Å². The zero-order valence-corrected chi connectivity index (χ0v) is 10.5. The summed E-state index contributed by atoms with van der Waals surface area (Å²) in [6.07, 6.45) is 1.10. The highest BCUT2D eigenvalue weighted by atomic mass is 16.3. The number of benzene rings is 1. The molecule has 0 saturated carbocycles. The number of nitrogens with zero attached hydrogens (tertiary/aromatic N) is 1. The minimum atomic E-state index is 0.416. The van der Waals surface area contributed by atoms with Crippen LogP contribution in [0.3, 0.4) is 0 Å². The third-order valence-corrected chi connectivity index (χ3v) is 3.49. The Morgan fingerprint density at radius 1 is 1.25 bits per heavy atom. The third kappa shape index (κ3) is 2.38. The number of likely N-dealkylation sites (tertiary alicyclic amines) is 1. The lowest BCUT2D eigenvalue weighted by atomic mass is 9.99. The Bertz CT molecular complexity index is 381. The predicted molar refractivity (Wildman–Crippen MR) is 66.9 cm³/mol. The molecular weight excluding hydrogens is 198 g/mol. The zero-order chi connectivity index (χ0) is 11.7. The van der Waals surface area contributed by atoms with Gasteiger partial charge in [0, 0.05) is 19.6 Å². The minimum Gasteiger partial charge on any atom is -0.508 e. The molecule has 2 rings (SSSR count). The molecule has 0 spiro atoms. The fourth-order valence-corrected chi connectivity index (χ4v) is 2.42. The van der Waals surface area contributed by atoms with Crippen molar-refractivity contribution in [1.29, 1.82) is 0 Å². The van der Waals surface area contributed by atoms with Crippen LogP contribution >= 0.6 is 0 Å². The van der Waals surface area contributed by atoms with E-state index in [2.05, 4.69) is 24.8 Å². The second-order valence-corrected chi connectivity index (χ2v) is 5.18. The van der Waals surface area contributed by atoms with Crippen molar-refractivity contribution >= 4 is 0 Å². The maximum absolute atomic E-state index is 9.58. The van der Waals surface area contributed by atoms with Crippen LogP contribution in [-0.4, -0.2) is 29.6 Å². The maximum Gasteiger partial charge on any atom is 0.118 e. The van der Waals surface area contributed by atoms with Crippen LogP contribution in [0.1, 0.15) is 23.6 Å². The minimum absolute atomic E-state index is 0.416. The van der Waals surface area contributed by atoms with Crippen LogP contribution in [0.2, 0.25) is 0 Å². The second-order valence-electron chi connectivity index (χ2n) is 5.18. The average Bonchev–Trinajstić information content (AvgIpc) is 2.18. The molecule has 1 aromatic rings. The number of aryl methyl sites for hydroxylation is 2. The number of aromatic hydroxyl groups is 1. The van der Waals surface area contributed by atoms with Gasteiger partial charge >= 0.3 is 0 Å². The van der Waals surface area contributed by atoms with Gasteiger partial charge < -0.3 is 10.0 Å². The Kier molecular flexibility index (Phi) is 3.20. The van der Waals surface area contributed by atoms with Gasteiger partial charge in [0.05, 0.1) is 0 Å². The van der Waals surface area contributed by atoms with Crippen LogP contribution in [0.5, 0.6) is 5.75 Å². The first-order valence-corrected chi connectivity index (χ1v) is 6.07. The molecule has 1 aliphatic rings. The SMILES string of the molecule is Cc1cc(CCN2CC(C)C2)c(C)cc1O. The lowest BCUT2D eigenvalue weighted by Crippen LogP contribution is -2.45. The summed E-state index contributed by atoms with van der Waals surface area (Å²) < 4.78 is 0. The fourth-order valence-electron chi connectivity index (χ4n) is 2.42. The molecule has 16 heavy (non-hydrogen) atoms. The maximum atomic E-state index is 9.58. The van der Waals surface area contributed by atoms with Crippen LogP contribution in [0, 0.1) is 19.8 Å². The summed E-state index contributed by atoms with van der Waals surface area (Å²) in [6.45, 7) is 9.98. The van der Waals surface area contributed by atoms with E-state index >= 15 is 0 Å². The molecule has 0 radical (unpaired) electrons. The fraction of sp³-hybridized carbons (Fsp3) is 0.571. The number of phenolic OH excluding ortho intramolecular Hbond substituents is 1. The van der Waals surface area contributed by atoms with Gasteiger partial charge in [0.2, 0.25) is 0 Å². The quantitative estimate of drug-likeness (QED) is 0.844. The molecule has 1 aliphatic heterocycles. The molecule has 88 valence electrons. The molecular formula is C14H21NO. The molecule has 0 aliphatic carbocycles. The van der Waals surface area contributed by atoms with Crippen LogP contribution in [0.4, 0.5) is 0 Å². The highest BCUT2D eigenvalue weighted by Gasteiger charge is 2.21. The standard InChI is InChI=1S/C14H21NO/c1-10-8-15(9-10)5-4-13-6-12(3)14(16)7-11(13)2/h6-7,10,16H,4-5,8-9H2,1-3H3. The van der Waals surface area contributed by atoms with E-state index < -0.39 is 0 Å². The van der Waals surface area contributed by atoms with Crippen molar-refractivity contribution in [2.75, 3.05) is 19.6 Å². The Hall–Kier alpha value is -1.02. The second kappa shape index (κ2) is 4.46. The van der Waals surface area contributed by atoms with Crippen LogP contribution < -0.4 is 0 Å². The normalized spacial score (nSPS) is 17.4. The molecule has 1 fully saturated rings. The highest BCUT2D eigenvalue weighted by Crippen LogP contribution is 2.22. The van der Waals surface area contributed by atoms with Gasteiger partial charge in [-0.25, -0.2) is 0 Å². The summed E-state index contributed by atoms with van der Waals surface area (Å²) in [4.78, 5) is 2.49. The molecule has 1 heterocycles. The largest absolute Gasteiger partial charge is 0.508 e. The van der Waals surface area contributed by atoms with Gasteiger partial charge in [-0.05, 0) is 48.9 Å². The summed E-state index contributed by atoms with van der Waals surface area (Å²) in [5.74, 6) is 1.29. The van der Waals surface area contributed by atoms with Crippen molar-refractivity contribution in [3.05, 3.63) is 28.8 Å². The Labute approximate surface area is 97.9 Å². The average molecular weight is 219 g/mol. The molecule has 0 amide bonds. The first kappa shape index (κ1) is 11.5. The Morgan fingerprint density at radius 3 is 2.56 bits per heavy atom. The van der Waals surface area contributed by atoms with Gasteiger partial charge in [0.25, 0.3) is 0 Å². The van der Waals surface area contributed by atoms with E-state index in [0.29, 0.717) is 5.75 Å². The van der Waals surface area contributed by atoms with E-state index in [9.17, 15) is 5.11 Å². The van der Waals surface area contributed by atoms with Crippen molar-refractivity contribution in [3.63, 3.8) is 0 Å². The van der Waals surface area contributed by atoms with Crippen LogP contribution in [0.15, 0.2) is 12.1 Å². The molecule has 1 N–H and O–H groups in total. The topological polar surface area (TPSA) is 23.5 Å². The zero-order valence-electron chi connectivity index (χ0n) is 10.5. The first-order valence-electron chi connectivity index (χ1n) is 6.07. The molecule has 1 saturated heterocycles. The van der Waals surface area contributed by atoms with Crippen molar-refractivity contribution in [2.24, 2.45) is 5.92 Å². The van der Waals surface area contributed by atoms with Gasteiger partial charge in [0.15, 0.2) is 0 Å². The summed E-state index contributed by atoms with van der Waals surface area (Å²) in [5.41, 5.74) is 3.56. The van der Waals surface area contributed by atoms with E-state index in [0.717, 1.165) is 24.4 Å². The molecule has 0 bridgehead atoms. The molecule has 1 aromatic carbocycles. The Morgan fingerprint density at radius 2 is 1.94 bits per heavy atom. The molecule has 0 aromatic heterocycles. The van der Waals surface area contributed by atoms with Crippen LogP contribution in [-0.2, 0) is 6.42 Å². The summed E-state index contributed by atoms with van der Waals surface area (Å²) in [7, 11) is 0. The van der Waals surface area contributed by atoms with Gasteiger partial charge in [-0.3, -0.25) is 0 Å². The summed E-state index contributed by atoms with van der Waals surface area (Å²) >= 11 is 0. The van der Waals surface area contributed by atoms with Crippen molar-refractivity contribution in [3.8, 4) is 5.75 Å². The van der Waals surface area contributed by atoms with E-state index in [1.165, 1.54) is 24.2 Å². The first-order chi connectivity index (χ1) is 7.56. The summed E-state index contributed by atoms with van der Waals surface area (Å²) in [5, 5.41) is 9.58. The molecule has 0 unspecified atom stereocenters. The summed E-state index contributed by atoms with van der Waals surface area (Å²) in [6, 6.07) is 4.00. The lowest BCUT2D eigenvalue weighted by molar-refractivity contribution is 0.115. The number of hydrogen-bond acceptors (Lipinski definition) is 2. The monoisotopic (exact) mass is 219 g/mol.